The van der Waals surface area contributed by atoms with Gasteiger partial charge in [-0.3, -0.25) is 9.59 Å². The second-order valence-corrected chi connectivity index (χ2v) is 7.50. The van der Waals surface area contributed by atoms with Crippen molar-refractivity contribution in [2.75, 3.05) is 11.6 Å². The fourth-order valence-corrected chi connectivity index (χ4v) is 3.10. The highest BCUT2D eigenvalue weighted by Gasteiger charge is 2.15. The highest BCUT2D eigenvalue weighted by atomic mass is 32.2. The number of anilines is 1. The number of hydrogen-bond donors (Lipinski definition) is 2. The molecule has 0 saturated heterocycles. The number of carbonyl (C=O) groups excluding carboxylic acids is 2. The molecule has 0 aliphatic carbocycles. The summed E-state index contributed by atoms with van der Waals surface area (Å²) in [7, 11) is 0. The van der Waals surface area contributed by atoms with E-state index in [1.54, 1.807) is 36.0 Å². The van der Waals surface area contributed by atoms with Crippen LogP contribution in [0.3, 0.4) is 0 Å². The predicted molar refractivity (Wildman–Crippen MR) is 120 cm³/mol. The Kier molecular flexibility index (Phi) is 7.03. The number of aryl methyl sites for hydroxylation is 1. The van der Waals surface area contributed by atoms with Gasteiger partial charge in [0, 0.05) is 16.1 Å². The molecule has 0 bridgehead atoms. The highest BCUT2D eigenvalue weighted by molar-refractivity contribution is 7.98. The molecule has 4 nitrogen and oxygen atoms in total. The van der Waals surface area contributed by atoms with Crippen LogP contribution in [0.2, 0.25) is 0 Å². The van der Waals surface area contributed by atoms with Crippen LogP contribution in [0.1, 0.15) is 21.5 Å². The highest BCUT2D eigenvalue weighted by Crippen LogP contribution is 2.17. The molecule has 3 aromatic rings. The van der Waals surface area contributed by atoms with E-state index in [-0.39, 0.29) is 5.70 Å². The molecule has 0 unspecified atom stereocenters. The third-order valence-corrected chi connectivity index (χ3v) is 5.06. The molecule has 0 radical (unpaired) electrons. The van der Waals surface area contributed by atoms with Crippen LogP contribution in [0.4, 0.5) is 10.1 Å². The third kappa shape index (κ3) is 5.81. The third-order valence-electron chi connectivity index (χ3n) is 4.32. The van der Waals surface area contributed by atoms with Crippen LogP contribution in [0, 0.1) is 12.7 Å². The summed E-state index contributed by atoms with van der Waals surface area (Å²) in [6, 6.07) is 20.2. The van der Waals surface area contributed by atoms with E-state index in [0.29, 0.717) is 11.3 Å². The summed E-state index contributed by atoms with van der Waals surface area (Å²) in [5.74, 6) is -1.42. The largest absolute Gasteiger partial charge is 0.321 e. The van der Waals surface area contributed by atoms with Crippen molar-refractivity contribution in [1.82, 2.24) is 5.32 Å². The molecule has 30 heavy (non-hydrogen) atoms. The quantitative estimate of drug-likeness (QED) is 0.422. The summed E-state index contributed by atoms with van der Waals surface area (Å²) in [6.45, 7) is 1.93. The van der Waals surface area contributed by atoms with Gasteiger partial charge in [0.15, 0.2) is 0 Å². The number of thioether (sulfide) groups is 1. The van der Waals surface area contributed by atoms with Crippen LogP contribution < -0.4 is 10.6 Å². The Morgan fingerprint density at radius 1 is 0.967 bits per heavy atom. The molecule has 2 N–H and O–H groups in total. The number of nitrogens with one attached hydrogen (secondary N) is 2. The van der Waals surface area contributed by atoms with Crippen LogP contribution in [0.5, 0.6) is 0 Å². The Morgan fingerprint density at radius 2 is 1.67 bits per heavy atom. The first-order valence-electron chi connectivity index (χ1n) is 9.25. The van der Waals surface area contributed by atoms with Crippen LogP contribution in [0.25, 0.3) is 6.08 Å². The van der Waals surface area contributed by atoms with Gasteiger partial charge in [0.2, 0.25) is 0 Å². The van der Waals surface area contributed by atoms with E-state index >= 15 is 0 Å². The topological polar surface area (TPSA) is 58.2 Å². The second-order valence-electron chi connectivity index (χ2n) is 6.62. The summed E-state index contributed by atoms with van der Waals surface area (Å²) in [4.78, 5) is 26.6. The molecule has 0 aliphatic rings. The smallest absolute Gasteiger partial charge is 0.272 e. The standard InChI is InChI=1S/C24H21FN2O2S/c1-16-6-10-18(11-7-16)23(28)27-22(14-17-8-12-21(30-2)13-9-17)24(29)26-20-5-3-4-19(25)15-20/h3-15H,1-2H3,(H,26,29)(H,27,28)/b22-14+. The first-order chi connectivity index (χ1) is 14.4. The van der Waals surface area contributed by atoms with Gasteiger partial charge < -0.3 is 10.6 Å². The number of hydrogen-bond acceptors (Lipinski definition) is 3. The predicted octanol–water partition coefficient (Wildman–Crippen LogP) is 5.27. The second kappa shape index (κ2) is 9.89. The lowest BCUT2D eigenvalue weighted by molar-refractivity contribution is -0.113. The molecular weight excluding hydrogens is 399 g/mol. The number of rotatable bonds is 6. The first kappa shape index (κ1) is 21.3. The molecule has 0 aliphatic heterocycles. The lowest BCUT2D eigenvalue weighted by Gasteiger charge is -2.12. The maximum absolute atomic E-state index is 13.5. The average molecular weight is 421 g/mol. The van der Waals surface area contributed by atoms with Gasteiger partial charge in [0.1, 0.15) is 11.5 Å². The van der Waals surface area contributed by atoms with Crippen LogP contribution in [-0.2, 0) is 4.79 Å². The van der Waals surface area contributed by atoms with Crippen molar-refractivity contribution in [2.45, 2.75) is 11.8 Å². The van der Waals surface area contributed by atoms with E-state index in [2.05, 4.69) is 10.6 Å². The number of carbonyl (C=O) groups is 2. The van der Waals surface area contributed by atoms with Crippen molar-refractivity contribution < 1.29 is 14.0 Å². The monoisotopic (exact) mass is 420 g/mol. The van der Waals surface area contributed by atoms with Gasteiger partial charge in [-0.15, -0.1) is 11.8 Å². The zero-order valence-corrected chi connectivity index (χ0v) is 17.4. The Balaban J connectivity index is 1.88. The molecule has 3 aromatic carbocycles. The summed E-state index contributed by atoms with van der Waals surface area (Å²) >= 11 is 1.61. The maximum Gasteiger partial charge on any atom is 0.272 e. The summed E-state index contributed by atoms with van der Waals surface area (Å²) in [5.41, 5.74) is 2.57. The molecule has 0 spiro atoms. The van der Waals surface area contributed by atoms with E-state index in [1.165, 1.54) is 18.2 Å². The van der Waals surface area contributed by atoms with Gasteiger partial charge in [0.25, 0.3) is 11.8 Å². The zero-order valence-electron chi connectivity index (χ0n) is 16.6. The fraction of sp³-hybridized carbons (Fsp3) is 0.0833. The van der Waals surface area contributed by atoms with Gasteiger partial charge in [-0.25, -0.2) is 4.39 Å². The van der Waals surface area contributed by atoms with E-state index in [9.17, 15) is 14.0 Å². The minimum absolute atomic E-state index is 0.0572. The molecule has 3 rings (SSSR count). The minimum atomic E-state index is -0.546. The van der Waals surface area contributed by atoms with Crippen molar-refractivity contribution in [3.8, 4) is 0 Å². The number of amides is 2. The molecule has 0 fully saturated rings. The molecule has 152 valence electrons. The van der Waals surface area contributed by atoms with Crippen LogP contribution >= 0.6 is 11.8 Å². The normalized spacial score (nSPS) is 11.1. The summed E-state index contributed by atoms with van der Waals surface area (Å²) < 4.78 is 13.5. The van der Waals surface area contributed by atoms with E-state index in [1.807, 2.05) is 49.6 Å². The lowest BCUT2D eigenvalue weighted by atomic mass is 10.1. The van der Waals surface area contributed by atoms with Crippen LogP contribution in [0.15, 0.2) is 83.4 Å². The van der Waals surface area contributed by atoms with Gasteiger partial charge in [-0.1, -0.05) is 35.9 Å². The number of halogens is 1. The van der Waals surface area contributed by atoms with Gasteiger partial charge >= 0.3 is 0 Å². The van der Waals surface area contributed by atoms with E-state index in [4.69, 9.17) is 0 Å². The molecule has 0 saturated carbocycles. The Morgan fingerprint density at radius 3 is 2.30 bits per heavy atom. The van der Waals surface area contributed by atoms with E-state index in [0.717, 1.165) is 16.0 Å². The SMILES string of the molecule is CSc1ccc(/C=C(/NC(=O)c2ccc(C)cc2)C(=O)Nc2cccc(F)c2)cc1. The summed E-state index contributed by atoms with van der Waals surface area (Å²) in [6.07, 6.45) is 3.56. The van der Waals surface area contributed by atoms with Crippen molar-refractivity contribution in [3.63, 3.8) is 0 Å². The maximum atomic E-state index is 13.5. The van der Waals surface area contributed by atoms with Crippen LogP contribution in [-0.4, -0.2) is 18.1 Å². The molecule has 6 heteroatoms. The van der Waals surface area contributed by atoms with Crippen molar-refractivity contribution in [2.24, 2.45) is 0 Å². The molecule has 0 atom stereocenters. The molecule has 0 heterocycles. The van der Waals surface area contributed by atoms with E-state index < -0.39 is 17.6 Å². The Bertz CT molecular complexity index is 1080. The molecule has 2 amide bonds. The number of benzene rings is 3. The van der Waals surface area contributed by atoms with Crippen molar-refractivity contribution in [1.29, 1.82) is 0 Å². The van der Waals surface area contributed by atoms with Gasteiger partial charge in [0.05, 0.1) is 0 Å². The fourth-order valence-electron chi connectivity index (χ4n) is 2.69. The molecular formula is C24H21FN2O2S. The first-order valence-corrected chi connectivity index (χ1v) is 10.5. The van der Waals surface area contributed by atoms with Gasteiger partial charge in [-0.2, -0.15) is 0 Å². The molecule has 0 aromatic heterocycles. The van der Waals surface area contributed by atoms with Crippen molar-refractivity contribution in [3.05, 3.63) is 101 Å². The summed E-state index contributed by atoms with van der Waals surface area (Å²) in [5, 5.41) is 5.30. The Labute approximate surface area is 179 Å². The lowest BCUT2D eigenvalue weighted by Crippen LogP contribution is -2.30. The van der Waals surface area contributed by atoms with Crippen molar-refractivity contribution >= 4 is 35.3 Å². The minimum Gasteiger partial charge on any atom is -0.321 e. The zero-order chi connectivity index (χ0) is 21.5. The Hall–Kier alpha value is -3.38. The average Bonchev–Trinajstić information content (AvgIpc) is 2.74. The van der Waals surface area contributed by atoms with Gasteiger partial charge in [-0.05, 0) is 67.3 Å².